The van der Waals surface area contributed by atoms with Gasteiger partial charge in [0, 0.05) is 38.9 Å². The van der Waals surface area contributed by atoms with Crippen molar-refractivity contribution in [1.29, 1.82) is 0 Å². The lowest BCUT2D eigenvalue weighted by Crippen LogP contribution is -2.38. The topological polar surface area (TPSA) is 63.9 Å². The zero-order valence-corrected chi connectivity index (χ0v) is 18.9. The normalized spacial score (nSPS) is 11.3. The average Bonchev–Trinajstić information content (AvgIpc) is 3.09. The van der Waals surface area contributed by atoms with Crippen LogP contribution in [0.25, 0.3) is 0 Å². The quantitative estimate of drug-likeness (QED) is 0.390. The Morgan fingerprint density at radius 3 is 2.77 bits per heavy atom. The Labute approximate surface area is 180 Å². The van der Waals surface area contributed by atoms with Crippen molar-refractivity contribution >= 4 is 5.96 Å². The molecule has 0 aliphatic rings. The van der Waals surface area contributed by atoms with Crippen molar-refractivity contribution in [2.75, 3.05) is 27.3 Å². The highest BCUT2D eigenvalue weighted by molar-refractivity contribution is 5.79. The molecule has 30 heavy (non-hydrogen) atoms. The van der Waals surface area contributed by atoms with E-state index in [9.17, 15) is 0 Å². The Morgan fingerprint density at radius 1 is 1.37 bits per heavy atom. The fourth-order valence-corrected chi connectivity index (χ4v) is 3.18. The number of terminal acetylenes is 1. The molecule has 0 aliphatic carbocycles. The molecule has 0 radical (unpaired) electrons. The molecule has 7 nitrogen and oxygen atoms in total. The number of aryl methyl sites for hydroxylation is 1. The highest BCUT2D eigenvalue weighted by atomic mass is 16.5. The molecule has 162 valence electrons. The lowest BCUT2D eigenvalue weighted by atomic mass is 10.1. The van der Waals surface area contributed by atoms with Crippen molar-refractivity contribution in [3.63, 3.8) is 0 Å². The number of hydrogen-bond acceptors (Lipinski definition) is 4. The van der Waals surface area contributed by atoms with Gasteiger partial charge in [-0.15, -0.1) is 6.42 Å². The lowest BCUT2D eigenvalue weighted by Gasteiger charge is -2.22. The first-order valence-electron chi connectivity index (χ1n) is 10.1. The Kier molecular flexibility index (Phi) is 8.60. The third-order valence-electron chi connectivity index (χ3n) is 4.54. The first-order valence-corrected chi connectivity index (χ1v) is 10.1. The molecule has 0 amide bonds. The fraction of sp³-hybridized carbons (Fsp3) is 0.478. The van der Waals surface area contributed by atoms with Crippen molar-refractivity contribution in [3.05, 3.63) is 41.2 Å². The van der Waals surface area contributed by atoms with Crippen LogP contribution in [0.4, 0.5) is 0 Å². The van der Waals surface area contributed by atoms with Gasteiger partial charge in [0.15, 0.2) is 17.5 Å². The van der Waals surface area contributed by atoms with Crippen molar-refractivity contribution < 1.29 is 9.47 Å². The summed E-state index contributed by atoms with van der Waals surface area (Å²) in [5.41, 5.74) is 3.33. The van der Waals surface area contributed by atoms with Gasteiger partial charge in [-0.3, -0.25) is 4.68 Å². The smallest absolute Gasteiger partial charge is 0.194 e. The molecule has 7 heteroatoms. The minimum Gasteiger partial charge on any atom is -0.493 e. The van der Waals surface area contributed by atoms with E-state index in [4.69, 9.17) is 20.9 Å². The second-order valence-corrected chi connectivity index (χ2v) is 7.37. The number of benzene rings is 1. The molecule has 2 aromatic rings. The van der Waals surface area contributed by atoms with E-state index in [2.05, 4.69) is 48.2 Å². The van der Waals surface area contributed by atoms with E-state index in [1.165, 1.54) is 5.56 Å². The number of aromatic nitrogens is 2. The van der Waals surface area contributed by atoms with Crippen LogP contribution in [-0.2, 0) is 20.1 Å². The predicted molar refractivity (Wildman–Crippen MR) is 121 cm³/mol. The average molecular weight is 412 g/mol. The molecule has 2 rings (SSSR count). The minimum absolute atomic E-state index is 0.192. The second kappa shape index (κ2) is 11.1. The van der Waals surface area contributed by atoms with Gasteiger partial charge in [-0.25, -0.2) is 4.99 Å². The molecule has 0 unspecified atom stereocenters. The van der Waals surface area contributed by atoms with Gasteiger partial charge in [-0.1, -0.05) is 25.8 Å². The van der Waals surface area contributed by atoms with Gasteiger partial charge < -0.3 is 19.7 Å². The first kappa shape index (κ1) is 23.1. The molecule has 0 atom stereocenters. The summed E-state index contributed by atoms with van der Waals surface area (Å²) in [6, 6.07) is 5.77. The van der Waals surface area contributed by atoms with E-state index < -0.39 is 0 Å². The number of rotatable bonds is 9. The van der Waals surface area contributed by atoms with Crippen molar-refractivity contribution in [1.82, 2.24) is 20.0 Å². The first-order chi connectivity index (χ1) is 14.4. The molecule has 1 aromatic heterocycles. The van der Waals surface area contributed by atoms with E-state index in [0.29, 0.717) is 24.0 Å². The fourth-order valence-electron chi connectivity index (χ4n) is 3.18. The molecule has 1 N–H and O–H groups in total. The van der Waals surface area contributed by atoms with Crippen LogP contribution in [0.2, 0.25) is 0 Å². The van der Waals surface area contributed by atoms with Crippen LogP contribution < -0.4 is 14.8 Å². The Hall–Kier alpha value is -3.14. The third-order valence-corrected chi connectivity index (χ3v) is 4.54. The standard InChI is InChI=1S/C23H33N5O2/c1-8-12-30-21-13-18(10-11-20(21)29-7)14-25-23(24-9-2)27(5)15-19-16-28(6)26-22(19)17(3)4/h1,10-11,13,16-17H,9,12,14-15H2,2-7H3,(H,24,25). The van der Waals surface area contributed by atoms with Gasteiger partial charge in [0.1, 0.15) is 6.61 Å². The van der Waals surface area contributed by atoms with Crippen LogP contribution in [0.15, 0.2) is 29.4 Å². The molecular weight excluding hydrogens is 378 g/mol. The van der Waals surface area contributed by atoms with Crippen LogP contribution in [0.3, 0.4) is 0 Å². The summed E-state index contributed by atoms with van der Waals surface area (Å²) in [6.07, 6.45) is 7.38. The summed E-state index contributed by atoms with van der Waals surface area (Å²) in [5, 5.41) is 7.97. The molecule has 0 spiro atoms. The maximum atomic E-state index is 5.59. The summed E-state index contributed by atoms with van der Waals surface area (Å²) in [5.74, 6) is 4.96. The summed E-state index contributed by atoms with van der Waals surface area (Å²) in [7, 11) is 5.60. The summed E-state index contributed by atoms with van der Waals surface area (Å²) < 4.78 is 12.8. The minimum atomic E-state index is 0.192. The van der Waals surface area contributed by atoms with E-state index in [-0.39, 0.29) is 6.61 Å². The van der Waals surface area contributed by atoms with Crippen LogP contribution >= 0.6 is 0 Å². The molecule has 1 aromatic carbocycles. The van der Waals surface area contributed by atoms with Gasteiger partial charge in [0.05, 0.1) is 19.3 Å². The van der Waals surface area contributed by atoms with E-state index in [1.807, 2.05) is 37.0 Å². The van der Waals surface area contributed by atoms with Crippen molar-refractivity contribution in [3.8, 4) is 23.8 Å². The van der Waals surface area contributed by atoms with Crippen molar-refractivity contribution in [2.45, 2.75) is 39.8 Å². The van der Waals surface area contributed by atoms with Crippen LogP contribution in [-0.4, -0.2) is 47.9 Å². The van der Waals surface area contributed by atoms with Gasteiger partial charge >= 0.3 is 0 Å². The van der Waals surface area contributed by atoms with Gasteiger partial charge in [-0.05, 0) is 30.5 Å². The van der Waals surface area contributed by atoms with Crippen LogP contribution in [0.5, 0.6) is 11.5 Å². The molecule has 0 aliphatic heterocycles. The number of hydrogen-bond donors (Lipinski definition) is 1. The highest BCUT2D eigenvalue weighted by Crippen LogP contribution is 2.28. The maximum Gasteiger partial charge on any atom is 0.194 e. The molecule has 0 fully saturated rings. The SMILES string of the molecule is C#CCOc1cc(CN=C(NCC)N(C)Cc2cn(C)nc2C(C)C)ccc1OC. The van der Waals surface area contributed by atoms with E-state index in [0.717, 1.165) is 30.3 Å². The second-order valence-electron chi connectivity index (χ2n) is 7.37. The zero-order chi connectivity index (χ0) is 22.1. The highest BCUT2D eigenvalue weighted by Gasteiger charge is 2.15. The Morgan fingerprint density at radius 2 is 2.13 bits per heavy atom. The maximum absolute atomic E-state index is 5.59. The number of methoxy groups -OCH3 is 1. The molecular formula is C23H33N5O2. The number of guanidine groups is 1. The number of aliphatic imine (C=N–C) groups is 1. The van der Waals surface area contributed by atoms with Crippen molar-refractivity contribution in [2.24, 2.45) is 12.0 Å². The number of nitrogens with one attached hydrogen (secondary N) is 1. The van der Waals surface area contributed by atoms with Gasteiger partial charge in [0.25, 0.3) is 0 Å². The molecule has 0 bridgehead atoms. The Bertz CT molecular complexity index is 895. The summed E-state index contributed by atoms with van der Waals surface area (Å²) in [4.78, 5) is 6.92. The molecule has 1 heterocycles. The largest absolute Gasteiger partial charge is 0.493 e. The zero-order valence-electron chi connectivity index (χ0n) is 18.9. The van der Waals surface area contributed by atoms with Crippen LogP contribution in [0.1, 0.15) is 43.5 Å². The molecule has 0 saturated heterocycles. The number of ether oxygens (including phenoxy) is 2. The summed E-state index contributed by atoms with van der Waals surface area (Å²) in [6.45, 7) is 8.60. The monoisotopic (exact) mass is 411 g/mol. The van der Waals surface area contributed by atoms with Gasteiger partial charge in [-0.2, -0.15) is 5.10 Å². The van der Waals surface area contributed by atoms with E-state index in [1.54, 1.807) is 7.11 Å². The lowest BCUT2D eigenvalue weighted by molar-refractivity contribution is 0.330. The predicted octanol–water partition coefficient (Wildman–Crippen LogP) is 3.16. The Balaban J connectivity index is 2.18. The van der Waals surface area contributed by atoms with Crippen LogP contribution in [0, 0.1) is 12.3 Å². The third kappa shape index (κ3) is 6.18. The number of nitrogens with zero attached hydrogens (tertiary/aromatic N) is 4. The van der Waals surface area contributed by atoms with E-state index >= 15 is 0 Å². The molecule has 0 saturated carbocycles. The van der Waals surface area contributed by atoms with Gasteiger partial charge in [0.2, 0.25) is 0 Å². The summed E-state index contributed by atoms with van der Waals surface area (Å²) >= 11 is 0.